The van der Waals surface area contributed by atoms with Crippen LogP contribution in [0.2, 0.25) is 0 Å². The number of ether oxygens (including phenoxy) is 1. The number of amides is 1. The summed E-state index contributed by atoms with van der Waals surface area (Å²) in [5, 5.41) is 12.9. The summed E-state index contributed by atoms with van der Waals surface area (Å²) in [6, 6.07) is 5.79. The maximum Gasteiger partial charge on any atom is 0.221 e. The molecule has 20 heavy (non-hydrogen) atoms. The van der Waals surface area contributed by atoms with Crippen molar-refractivity contribution >= 4 is 5.91 Å². The number of nitrogens with one attached hydrogen (secondary N) is 1. The summed E-state index contributed by atoms with van der Waals surface area (Å²) in [5.74, 6) is 0.330. The molecule has 5 nitrogen and oxygen atoms in total. The summed E-state index contributed by atoms with van der Waals surface area (Å²) in [4.78, 5) is 10.9. The molecule has 1 aromatic carbocycles. The van der Waals surface area contributed by atoms with Gasteiger partial charge in [0.05, 0.1) is 6.42 Å². The van der Waals surface area contributed by atoms with Crippen molar-refractivity contribution in [2.45, 2.75) is 39.3 Å². The molecule has 1 atom stereocenters. The van der Waals surface area contributed by atoms with Crippen molar-refractivity contribution in [1.82, 2.24) is 5.32 Å². The van der Waals surface area contributed by atoms with Crippen LogP contribution in [-0.2, 0) is 11.2 Å². The topological polar surface area (TPSA) is 84.6 Å². The van der Waals surface area contributed by atoms with Gasteiger partial charge in [-0.1, -0.05) is 19.9 Å². The van der Waals surface area contributed by atoms with Gasteiger partial charge in [0.2, 0.25) is 5.91 Å². The van der Waals surface area contributed by atoms with E-state index < -0.39 is 6.10 Å². The van der Waals surface area contributed by atoms with Crippen LogP contribution in [0.5, 0.6) is 5.75 Å². The molecule has 0 aliphatic rings. The second kappa shape index (κ2) is 7.87. The fraction of sp³-hybridized carbons (Fsp3) is 0.533. The van der Waals surface area contributed by atoms with Gasteiger partial charge in [-0.05, 0) is 30.2 Å². The molecule has 0 saturated carbocycles. The van der Waals surface area contributed by atoms with E-state index in [2.05, 4.69) is 5.32 Å². The van der Waals surface area contributed by atoms with E-state index in [1.54, 1.807) is 6.07 Å². The van der Waals surface area contributed by atoms with E-state index in [9.17, 15) is 9.90 Å². The maximum atomic E-state index is 10.9. The Bertz CT molecular complexity index is 447. The summed E-state index contributed by atoms with van der Waals surface area (Å²) in [6.45, 7) is 6.68. The quantitative estimate of drug-likeness (QED) is 0.656. The zero-order valence-corrected chi connectivity index (χ0v) is 12.3. The second-order valence-electron chi connectivity index (χ2n) is 5.26. The largest absolute Gasteiger partial charge is 0.491 e. The zero-order valence-electron chi connectivity index (χ0n) is 12.3. The fourth-order valence-electron chi connectivity index (χ4n) is 1.77. The van der Waals surface area contributed by atoms with E-state index in [1.807, 2.05) is 32.9 Å². The number of rotatable bonds is 8. The molecule has 4 N–H and O–H groups in total. The van der Waals surface area contributed by atoms with Crippen molar-refractivity contribution in [1.29, 1.82) is 0 Å². The number of hydrogen-bond acceptors (Lipinski definition) is 4. The number of primary amides is 1. The van der Waals surface area contributed by atoms with Gasteiger partial charge in [-0.25, -0.2) is 0 Å². The number of aliphatic hydroxyl groups excluding tert-OH is 1. The molecule has 1 rings (SSSR count). The third-order valence-electron chi connectivity index (χ3n) is 2.88. The molecule has 1 amide bonds. The minimum absolute atomic E-state index is 0.229. The molecule has 1 unspecified atom stereocenters. The number of benzene rings is 1. The van der Waals surface area contributed by atoms with Crippen LogP contribution < -0.4 is 15.8 Å². The number of hydrogen-bond donors (Lipinski definition) is 3. The molecule has 112 valence electrons. The average Bonchev–Trinajstić information content (AvgIpc) is 2.36. The standard InChI is InChI=1S/C15H24N2O3/c1-10(2)17-8-13(18)9-20-14-5-4-12(7-15(16)19)11(3)6-14/h4-6,10,13,17-18H,7-9H2,1-3H3,(H2,16,19). The Morgan fingerprint density at radius 3 is 2.70 bits per heavy atom. The van der Waals surface area contributed by atoms with Crippen molar-refractivity contribution in [2.75, 3.05) is 13.2 Å². The summed E-state index contributed by atoms with van der Waals surface area (Å²) in [5.41, 5.74) is 7.03. The third kappa shape index (κ3) is 6.04. The molecule has 0 saturated heterocycles. The van der Waals surface area contributed by atoms with Gasteiger partial charge < -0.3 is 20.9 Å². The van der Waals surface area contributed by atoms with Crippen LogP contribution in [0.3, 0.4) is 0 Å². The van der Waals surface area contributed by atoms with E-state index in [1.165, 1.54) is 0 Å². The summed E-state index contributed by atoms with van der Waals surface area (Å²) in [6.07, 6.45) is -0.324. The molecule has 5 heteroatoms. The van der Waals surface area contributed by atoms with Gasteiger partial charge in [-0.2, -0.15) is 0 Å². The molecule has 0 bridgehead atoms. The van der Waals surface area contributed by atoms with E-state index in [0.717, 1.165) is 11.1 Å². The minimum Gasteiger partial charge on any atom is -0.491 e. The summed E-state index contributed by atoms with van der Waals surface area (Å²) >= 11 is 0. The molecule has 0 spiro atoms. The first-order valence-corrected chi connectivity index (χ1v) is 6.80. The van der Waals surface area contributed by atoms with E-state index >= 15 is 0 Å². The number of nitrogens with two attached hydrogens (primary N) is 1. The van der Waals surface area contributed by atoms with Gasteiger partial charge in [-0.15, -0.1) is 0 Å². The normalized spacial score (nSPS) is 12.4. The molecule has 0 fully saturated rings. The molecule has 0 aliphatic heterocycles. The molecule has 0 aliphatic carbocycles. The third-order valence-corrected chi connectivity index (χ3v) is 2.88. The van der Waals surface area contributed by atoms with Crippen molar-refractivity contribution in [3.63, 3.8) is 0 Å². The highest BCUT2D eigenvalue weighted by molar-refractivity contribution is 5.77. The number of aliphatic hydroxyl groups is 1. The molecule has 0 aromatic heterocycles. The Balaban J connectivity index is 2.48. The highest BCUT2D eigenvalue weighted by Crippen LogP contribution is 2.17. The Kier molecular flexibility index (Phi) is 6.48. The van der Waals surface area contributed by atoms with Gasteiger partial charge in [0.1, 0.15) is 18.5 Å². The minimum atomic E-state index is -0.553. The lowest BCUT2D eigenvalue weighted by Crippen LogP contribution is -2.35. The van der Waals surface area contributed by atoms with Gasteiger partial charge in [0, 0.05) is 12.6 Å². The van der Waals surface area contributed by atoms with Crippen molar-refractivity contribution < 1.29 is 14.6 Å². The smallest absolute Gasteiger partial charge is 0.221 e. The SMILES string of the molecule is Cc1cc(OCC(O)CNC(C)C)ccc1CC(N)=O. The Hall–Kier alpha value is -1.59. The predicted octanol–water partition coefficient (Wildman–Crippen LogP) is 0.761. The van der Waals surface area contributed by atoms with Crippen LogP contribution >= 0.6 is 0 Å². The molecular weight excluding hydrogens is 256 g/mol. The number of carbonyl (C=O) groups excluding carboxylic acids is 1. The van der Waals surface area contributed by atoms with E-state index in [0.29, 0.717) is 18.3 Å². The van der Waals surface area contributed by atoms with Crippen LogP contribution in [0.4, 0.5) is 0 Å². The van der Waals surface area contributed by atoms with Gasteiger partial charge in [0.25, 0.3) is 0 Å². The molecule has 0 heterocycles. The monoisotopic (exact) mass is 280 g/mol. The van der Waals surface area contributed by atoms with Gasteiger partial charge in [-0.3, -0.25) is 4.79 Å². The van der Waals surface area contributed by atoms with E-state index in [4.69, 9.17) is 10.5 Å². The van der Waals surface area contributed by atoms with Crippen LogP contribution in [-0.4, -0.2) is 36.3 Å². The zero-order chi connectivity index (χ0) is 15.1. The summed E-state index contributed by atoms with van der Waals surface area (Å²) < 4.78 is 5.53. The van der Waals surface area contributed by atoms with E-state index in [-0.39, 0.29) is 18.9 Å². The lowest BCUT2D eigenvalue weighted by Gasteiger charge is -2.15. The van der Waals surface area contributed by atoms with Gasteiger partial charge in [0.15, 0.2) is 0 Å². The number of aryl methyl sites for hydroxylation is 1. The Morgan fingerprint density at radius 2 is 2.15 bits per heavy atom. The fourth-order valence-corrected chi connectivity index (χ4v) is 1.77. The number of carbonyl (C=O) groups is 1. The lowest BCUT2D eigenvalue weighted by molar-refractivity contribution is -0.117. The average molecular weight is 280 g/mol. The molecule has 0 radical (unpaired) electrons. The van der Waals surface area contributed by atoms with Crippen LogP contribution in [0.15, 0.2) is 18.2 Å². The Labute approximate surface area is 120 Å². The van der Waals surface area contributed by atoms with Gasteiger partial charge >= 0.3 is 0 Å². The first kappa shape index (κ1) is 16.5. The second-order valence-corrected chi connectivity index (χ2v) is 5.26. The van der Waals surface area contributed by atoms with Crippen molar-refractivity contribution in [3.8, 4) is 5.75 Å². The first-order chi connectivity index (χ1) is 9.38. The summed E-state index contributed by atoms with van der Waals surface area (Å²) in [7, 11) is 0. The lowest BCUT2D eigenvalue weighted by atomic mass is 10.1. The molecular formula is C15H24N2O3. The van der Waals surface area contributed by atoms with Crippen molar-refractivity contribution in [2.24, 2.45) is 5.73 Å². The van der Waals surface area contributed by atoms with Crippen LogP contribution in [0, 0.1) is 6.92 Å². The maximum absolute atomic E-state index is 10.9. The highest BCUT2D eigenvalue weighted by Gasteiger charge is 2.08. The van der Waals surface area contributed by atoms with Crippen LogP contribution in [0.1, 0.15) is 25.0 Å². The molecule has 1 aromatic rings. The van der Waals surface area contributed by atoms with Crippen molar-refractivity contribution in [3.05, 3.63) is 29.3 Å². The first-order valence-electron chi connectivity index (χ1n) is 6.80. The van der Waals surface area contributed by atoms with Crippen LogP contribution in [0.25, 0.3) is 0 Å². The predicted molar refractivity (Wildman–Crippen MR) is 78.7 cm³/mol. The Morgan fingerprint density at radius 1 is 1.45 bits per heavy atom. The highest BCUT2D eigenvalue weighted by atomic mass is 16.5.